The third-order valence-electron chi connectivity index (χ3n) is 6.75. The first-order valence-corrected chi connectivity index (χ1v) is 19.9. The molecule has 0 spiro atoms. The fourth-order valence-corrected chi connectivity index (χ4v) is 3.95. The number of benzene rings is 2. The molecule has 0 saturated carbocycles. The number of hydrogen-bond donors (Lipinski definition) is 0. The largest absolute Gasteiger partial charge is 1.00 e. The molecule has 0 atom stereocenters. The zero-order valence-corrected chi connectivity index (χ0v) is 28.9. The van der Waals surface area contributed by atoms with Crippen LogP contribution in [0.1, 0.15) is 52.7 Å². The third-order valence-corrected chi connectivity index (χ3v) is 6.75. The van der Waals surface area contributed by atoms with E-state index in [0.29, 0.717) is 0 Å². The number of nitrogens with zero attached hydrogens (tertiary/aromatic N) is 2. The van der Waals surface area contributed by atoms with E-state index in [1.54, 1.807) is 21.5 Å². The number of rotatable bonds is 10. The molecule has 0 aliphatic rings. The molecule has 0 heterocycles. The molecule has 0 aromatic heterocycles. The molecular weight excluding hydrogens is 736 g/mol. The van der Waals surface area contributed by atoms with Crippen LogP contribution in [0, 0.1) is 0 Å². The summed E-state index contributed by atoms with van der Waals surface area (Å²) in [6.07, 6.45) is 0. The number of hydrogen-bond acceptors (Lipinski definition) is 0. The van der Waals surface area contributed by atoms with Crippen LogP contribution in [0.25, 0.3) is 0 Å². The van der Waals surface area contributed by atoms with Crippen LogP contribution in [0.5, 0.6) is 0 Å². The summed E-state index contributed by atoms with van der Waals surface area (Å²) in [5.41, 5.74) is 2.91. The molecule has 2 aromatic rings. The average Bonchev–Trinajstić information content (AvgIpc) is 2.89. The van der Waals surface area contributed by atoms with Crippen molar-refractivity contribution in [1.82, 2.24) is 0 Å². The molecule has 0 bridgehead atoms. The van der Waals surface area contributed by atoms with Crippen molar-refractivity contribution in [2.24, 2.45) is 0 Å². The Kier molecular flexibility index (Phi) is 29.8. The van der Waals surface area contributed by atoms with Crippen LogP contribution in [-0.4, -0.2) is 48.2 Å². The van der Waals surface area contributed by atoms with Crippen molar-refractivity contribution in [3.05, 3.63) is 71.8 Å². The Balaban J connectivity index is -0.000000464. The number of halogens is 6. The van der Waals surface area contributed by atoms with Gasteiger partial charge in [-0.05, 0) is 50.5 Å². The summed E-state index contributed by atoms with van der Waals surface area (Å²) in [5, 5.41) is 0. The maximum absolute atomic E-state index is 4.87. The van der Waals surface area contributed by atoms with Gasteiger partial charge in [-0.2, -0.15) is 0 Å². The fraction of sp³-hybridized carbons (Fsp3) is 0.538. The van der Waals surface area contributed by atoms with Gasteiger partial charge in [0.2, 0.25) is 0 Å². The van der Waals surface area contributed by atoms with Crippen molar-refractivity contribution in [3.8, 4) is 0 Å². The average molecular weight is 780 g/mol. The number of quaternary nitrogens is 2. The summed E-state index contributed by atoms with van der Waals surface area (Å²) in [7, 11) is 14.4. The van der Waals surface area contributed by atoms with Gasteiger partial charge in [-0.1, -0.05) is 60.7 Å². The molecule has 0 N–H and O–H groups in total. The summed E-state index contributed by atoms with van der Waals surface area (Å²) in [4.78, 5) is 0. The molecule has 0 amide bonds. The molecule has 200 valence electrons. The molecule has 2 rings (SSSR count). The van der Waals surface area contributed by atoms with Gasteiger partial charge in [-0.3, -0.25) is 0 Å². The summed E-state index contributed by atoms with van der Waals surface area (Å²) in [5.74, 6) is 0. The molecule has 0 aliphatic heterocycles. The first-order chi connectivity index (χ1) is 15.9. The van der Waals surface area contributed by atoms with E-state index < -0.39 is 18.9 Å². The Morgan fingerprint density at radius 1 is 0.559 bits per heavy atom. The van der Waals surface area contributed by atoms with E-state index in [1.165, 1.54) is 72.5 Å². The Hall–Kier alpha value is 0.980. The topological polar surface area (TPSA) is 0 Å². The summed E-state index contributed by atoms with van der Waals surface area (Å²) >= 11 is 1.16. The minimum Gasteiger partial charge on any atom is -1.00 e. The maximum atomic E-state index is 4.87. The van der Waals surface area contributed by atoms with Crippen molar-refractivity contribution in [1.29, 1.82) is 0 Å². The van der Waals surface area contributed by atoms with Crippen LogP contribution in [-0.2, 0) is 13.1 Å². The maximum Gasteiger partial charge on any atom is -1.00 e. The summed E-state index contributed by atoms with van der Waals surface area (Å²) < 4.78 is 2.40. The van der Waals surface area contributed by atoms with Gasteiger partial charge in [0.1, 0.15) is 13.1 Å². The van der Waals surface area contributed by atoms with Gasteiger partial charge in [0.15, 0.2) is 0 Å². The first kappa shape index (κ1) is 39.5. The van der Waals surface area contributed by atoms with Crippen molar-refractivity contribution < 1.29 is 40.3 Å². The minimum atomic E-state index is -0.466. The van der Waals surface area contributed by atoms with Crippen LogP contribution >= 0.6 is 48.2 Å². The summed E-state index contributed by atoms with van der Waals surface area (Å²) in [6.45, 7) is 23.4. The standard InChI is InChI=1S/2C13H22N.Cl2I.ClI.ClH/c2*1-4-14(5-2,6-3)12-13-10-8-7-9-11-13;1-3-2;1-2;/h2*7-11H,4-6,12H2,1-3H3;;;1H/q2*+1;-1;;/p-1. The molecule has 2 aromatic carbocycles. The molecular formula is C26H44Cl4I2N2. The zero-order valence-electron chi connectivity index (χ0n) is 21.6. The van der Waals surface area contributed by atoms with Gasteiger partial charge in [0, 0.05) is 32.6 Å². The minimum absolute atomic E-state index is 0. The fourth-order valence-electron chi connectivity index (χ4n) is 3.95. The van der Waals surface area contributed by atoms with Crippen LogP contribution in [0.4, 0.5) is 0 Å². The van der Waals surface area contributed by atoms with Gasteiger partial charge in [-0.25, -0.2) is 0 Å². The Labute approximate surface area is 251 Å². The van der Waals surface area contributed by atoms with Gasteiger partial charge in [0.25, 0.3) is 0 Å². The predicted octanol–water partition coefficient (Wildman–Crippen LogP) is 3.09. The van der Waals surface area contributed by atoms with Gasteiger partial charge < -0.3 is 21.4 Å². The van der Waals surface area contributed by atoms with E-state index in [1.807, 2.05) is 0 Å². The monoisotopic (exact) mass is 778 g/mol. The quantitative estimate of drug-likeness (QED) is 0.257. The van der Waals surface area contributed by atoms with Gasteiger partial charge >= 0.3 is 36.8 Å². The smallest absolute Gasteiger partial charge is 1.00 e. The van der Waals surface area contributed by atoms with E-state index in [0.717, 1.165) is 0 Å². The van der Waals surface area contributed by atoms with Crippen LogP contribution in [0.15, 0.2) is 60.7 Å². The van der Waals surface area contributed by atoms with Gasteiger partial charge in [-0.15, -0.1) is 0 Å². The molecule has 0 radical (unpaired) electrons. The van der Waals surface area contributed by atoms with Crippen LogP contribution < -0.4 is 31.4 Å². The van der Waals surface area contributed by atoms with E-state index in [4.69, 9.17) is 17.8 Å². The second kappa shape index (κ2) is 25.6. The second-order valence-corrected chi connectivity index (χ2v) is 11.1. The first-order valence-electron chi connectivity index (χ1n) is 11.7. The van der Waals surface area contributed by atoms with Crippen LogP contribution in [0.3, 0.4) is 0 Å². The molecule has 0 fully saturated rings. The predicted molar refractivity (Wildman–Crippen MR) is 156 cm³/mol. The van der Waals surface area contributed by atoms with E-state index in [-0.39, 0.29) is 12.4 Å². The molecule has 2 nitrogen and oxygen atoms in total. The van der Waals surface area contributed by atoms with E-state index in [9.17, 15) is 0 Å². The molecule has 0 aliphatic carbocycles. The Morgan fingerprint density at radius 3 is 0.941 bits per heavy atom. The Morgan fingerprint density at radius 2 is 0.765 bits per heavy atom. The van der Waals surface area contributed by atoms with Crippen molar-refractivity contribution in [2.45, 2.75) is 54.6 Å². The third kappa shape index (κ3) is 16.7. The van der Waals surface area contributed by atoms with Gasteiger partial charge in [0.05, 0.1) is 39.3 Å². The molecule has 0 saturated heterocycles. The van der Waals surface area contributed by atoms with Crippen molar-refractivity contribution in [2.75, 3.05) is 39.3 Å². The summed E-state index contributed by atoms with van der Waals surface area (Å²) in [6, 6.07) is 21.6. The normalized spacial score (nSPS) is 10.4. The molecule has 0 unspecified atom stereocenters. The molecule has 8 heteroatoms. The van der Waals surface area contributed by atoms with Crippen molar-refractivity contribution >= 4 is 48.2 Å². The Bertz CT molecular complexity index is 582. The van der Waals surface area contributed by atoms with Crippen LogP contribution in [0.2, 0.25) is 0 Å². The van der Waals surface area contributed by atoms with Crippen molar-refractivity contribution in [3.63, 3.8) is 0 Å². The zero-order chi connectivity index (χ0) is 25.6. The SMILES string of the molecule is CC[N+](CC)(CC)Cc1ccccc1.CC[N+](CC)(CC)Cc1ccccc1.ClI.Cl[I-]Cl.[Cl-]. The van der Waals surface area contributed by atoms with E-state index in [2.05, 4.69) is 111 Å². The van der Waals surface area contributed by atoms with E-state index >= 15 is 0 Å². The molecule has 34 heavy (non-hydrogen) atoms. The second-order valence-electron chi connectivity index (χ2n) is 7.92.